The molecule has 1 aromatic carbocycles. The monoisotopic (exact) mass is 285 g/mol. The normalized spacial score (nSPS) is 20.7. The van der Waals surface area contributed by atoms with Crippen LogP contribution in [0.4, 0.5) is 0 Å². The number of aromatic nitrogens is 2. The smallest absolute Gasteiger partial charge is 0.0862 e. The first-order valence-electron chi connectivity index (χ1n) is 7.75. The van der Waals surface area contributed by atoms with Crippen molar-refractivity contribution in [3.63, 3.8) is 0 Å². The zero-order chi connectivity index (χ0) is 14.5. The summed E-state index contributed by atoms with van der Waals surface area (Å²) in [6.45, 7) is 2.40. The molecule has 1 N–H and O–H groups in total. The molecule has 1 fully saturated rings. The highest BCUT2D eigenvalue weighted by atomic mass is 16.3. The van der Waals surface area contributed by atoms with Crippen molar-refractivity contribution in [1.82, 2.24) is 14.7 Å². The van der Waals surface area contributed by atoms with E-state index in [2.05, 4.69) is 40.3 Å². The Labute approximate surface area is 126 Å². The maximum atomic E-state index is 10.3. The average molecular weight is 285 g/mol. The molecule has 1 aliphatic heterocycles. The fourth-order valence-electron chi connectivity index (χ4n) is 3.21. The maximum absolute atomic E-state index is 10.3. The lowest BCUT2D eigenvalue weighted by molar-refractivity contribution is 0.0890. The molecule has 0 saturated carbocycles. The summed E-state index contributed by atoms with van der Waals surface area (Å²) in [6.07, 6.45) is 6.82. The zero-order valence-corrected chi connectivity index (χ0v) is 12.3. The van der Waals surface area contributed by atoms with Crippen LogP contribution in [-0.4, -0.2) is 45.0 Å². The van der Waals surface area contributed by atoms with E-state index in [-0.39, 0.29) is 6.10 Å². The Morgan fingerprint density at radius 2 is 2.05 bits per heavy atom. The second-order valence-corrected chi connectivity index (χ2v) is 5.86. The van der Waals surface area contributed by atoms with E-state index in [0.717, 1.165) is 19.5 Å². The Morgan fingerprint density at radius 3 is 2.81 bits per heavy atom. The number of β-amino-alcohol motifs (C(OH)–C–C–N with tert-alkyl or cyclic N) is 1. The lowest BCUT2D eigenvalue weighted by Gasteiger charge is -2.27. The zero-order valence-electron chi connectivity index (χ0n) is 12.3. The van der Waals surface area contributed by atoms with Gasteiger partial charge in [0.15, 0.2) is 0 Å². The van der Waals surface area contributed by atoms with Crippen LogP contribution in [0.15, 0.2) is 48.8 Å². The molecule has 112 valence electrons. The summed E-state index contributed by atoms with van der Waals surface area (Å²) in [5, 5.41) is 14.4. The molecule has 2 atom stereocenters. The molecule has 1 saturated heterocycles. The van der Waals surface area contributed by atoms with Gasteiger partial charge in [0.25, 0.3) is 0 Å². The molecule has 3 rings (SSSR count). The molecule has 21 heavy (non-hydrogen) atoms. The number of rotatable bonds is 6. The Hall–Kier alpha value is -1.65. The molecule has 0 bridgehead atoms. The standard InChI is InChI=1S/C17H23N3O/c21-17(14-20-11-5-9-18-20)13-19-10-4-8-16(19)12-15-6-2-1-3-7-15/h1-3,5-7,9,11,16-17,21H,4,8,10,12-14H2/t16-,17+/m0/s1. The van der Waals surface area contributed by atoms with Gasteiger partial charge >= 0.3 is 0 Å². The van der Waals surface area contributed by atoms with Gasteiger partial charge in [0.05, 0.1) is 12.6 Å². The second-order valence-electron chi connectivity index (χ2n) is 5.86. The molecule has 0 spiro atoms. The number of likely N-dealkylation sites (tertiary alicyclic amines) is 1. The van der Waals surface area contributed by atoms with Gasteiger partial charge in [-0.15, -0.1) is 0 Å². The van der Waals surface area contributed by atoms with Crippen LogP contribution in [0, 0.1) is 0 Å². The number of benzene rings is 1. The highest BCUT2D eigenvalue weighted by molar-refractivity contribution is 5.16. The maximum Gasteiger partial charge on any atom is 0.0862 e. The van der Waals surface area contributed by atoms with Crippen molar-refractivity contribution in [1.29, 1.82) is 0 Å². The summed E-state index contributed by atoms with van der Waals surface area (Å²) >= 11 is 0. The van der Waals surface area contributed by atoms with Crippen molar-refractivity contribution in [3.05, 3.63) is 54.4 Å². The third kappa shape index (κ3) is 3.93. The number of hydrogen-bond donors (Lipinski definition) is 1. The van der Waals surface area contributed by atoms with Crippen LogP contribution in [-0.2, 0) is 13.0 Å². The van der Waals surface area contributed by atoms with Crippen molar-refractivity contribution in [2.24, 2.45) is 0 Å². The van der Waals surface area contributed by atoms with E-state index in [1.165, 1.54) is 18.4 Å². The van der Waals surface area contributed by atoms with Crippen molar-refractivity contribution < 1.29 is 5.11 Å². The average Bonchev–Trinajstić information content (AvgIpc) is 3.13. The molecule has 0 amide bonds. The molecule has 4 heteroatoms. The third-order valence-corrected chi connectivity index (χ3v) is 4.22. The van der Waals surface area contributed by atoms with Gasteiger partial charge in [-0.1, -0.05) is 30.3 Å². The third-order valence-electron chi connectivity index (χ3n) is 4.22. The molecular formula is C17H23N3O. The van der Waals surface area contributed by atoms with Gasteiger partial charge < -0.3 is 5.11 Å². The summed E-state index contributed by atoms with van der Waals surface area (Å²) < 4.78 is 1.80. The first-order chi connectivity index (χ1) is 10.3. The number of aliphatic hydroxyl groups excluding tert-OH is 1. The lowest BCUT2D eigenvalue weighted by Crippen LogP contribution is -2.39. The first kappa shape index (κ1) is 14.3. The minimum atomic E-state index is -0.360. The minimum Gasteiger partial charge on any atom is -0.390 e. The number of aliphatic hydroxyl groups is 1. The SMILES string of the molecule is O[C@H](CN1CCC[C@H]1Cc1ccccc1)Cn1cccn1. The number of hydrogen-bond acceptors (Lipinski definition) is 3. The van der Waals surface area contributed by atoms with E-state index >= 15 is 0 Å². The molecule has 0 radical (unpaired) electrons. The fraction of sp³-hybridized carbons (Fsp3) is 0.471. The van der Waals surface area contributed by atoms with Gasteiger partial charge in [-0.05, 0) is 37.4 Å². The Morgan fingerprint density at radius 1 is 1.19 bits per heavy atom. The van der Waals surface area contributed by atoms with Gasteiger partial charge in [0, 0.05) is 25.0 Å². The lowest BCUT2D eigenvalue weighted by atomic mass is 10.0. The highest BCUT2D eigenvalue weighted by Gasteiger charge is 2.26. The van der Waals surface area contributed by atoms with Crippen LogP contribution in [0.1, 0.15) is 18.4 Å². The van der Waals surface area contributed by atoms with Crippen molar-refractivity contribution in [2.75, 3.05) is 13.1 Å². The van der Waals surface area contributed by atoms with E-state index in [1.807, 2.05) is 12.3 Å². The molecular weight excluding hydrogens is 262 g/mol. The largest absolute Gasteiger partial charge is 0.390 e. The number of nitrogens with zero attached hydrogens (tertiary/aromatic N) is 3. The molecule has 2 heterocycles. The van der Waals surface area contributed by atoms with E-state index in [4.69, 9.17) is 0 Å². The van der Waals surface area contributed by atoms with Gasteiger partial charge in [-0.25, -0.2) is 0 Å². The molecule has 4 nitrogen and oxygen atoms in total. The van der Waals surface area contributed by atoms with Gasteiger partial charge in [0.1, 0.15) is 0 Å². The van der Waals surface area contributed by atoms with Crippen LogP contribution in [0.5, 0.6) is 0 Å². The summed E-state index contributed by atoms with van der Waals surface area (Å²) in [5.41, 5.74) is 1.39. The van der Waals surface area contributed by atoms with Crippen LogP contribution in [0.3, 0.4) is 0 Å². The molecule has 2 aromatic rings. The van der Waals surface area contributed by atoms with Crippen LogP contribution >= 0.6 is 0 Å². The Bertz CT molecular complexity index is 526. The second kappa shape index (κ2) is 6.87. The Kier molecular flexibility index (Phi) is 4.68. The predicted octanol–water partition coefficient (Wildman–Crippen LogP) is 1.95. The summed E-state index contributed by atoms with van der Waals surface area (Å²) in [5.74, 6) is 0. The topological polar surface area (TPSA) is 41.3 Å². The fourth-order valence-corrected chi connectivity index (χ4v) is 3.21. The molecule has 0 unspecified atom stereocenters. The quantitative estimate of drug-likeness (QED) is 0.882. The van der Waals surface area contributed by atoms with Gasteiger partial charge in [-0.3, -0.25) is 9.58 Å². The van der Waals surface area contributed by atoms with E-state index < -0.39 is 0 Å². The molecule has 0 aliphatic carbocycles. The van der Waals surface area contributed by atoms with Crippen LogP contribution in [0.25, 0.3) is 0 Å². The highest BCUT2D eigenvalue weighted by Crippen LogP contribution is 2.21. The van der Waals surface area contributed by atoms with Crippen LogP contribution in [0.2, 0.25) is 0 Å². The van der Waals surface area contributed by atoms with Crippen molar-refractivity contribution in [3.8, 4) is 0 Å². The van der Waals surface area contributed by atoms with Gasteiger partial charge in [0.2, 0.25) is 0 Å². The van der Waals surface area contributed by atoms with E-state index in [1.54, 1.807) is 10.9 Å². The first-order valence-corrected chi connectivity index (χ1v) is 7.75. The van der Waals surface area contributed by atoms with E-state index in [0.29, 0.717) is 12.6 Å². The summed E-state index contributed by atoms with van der Waals surface area (Å²) in [6, 6.07) is 13.1. The summed E-state index contributed by atoms with van der Waals surface area (Å²) in [4.78, 5) is 2.43. The van der Waals surface area contributed by atoms with Crippen molar-refractivity contribution in [2.45, 2.75) is 38.0 Å². The van der Waals surface area contributed by atoms with Crippen LogP contribution < -0.4 is 0 Å². The van der Waals surface area contributed by atoms with Crippen molar-refractivity contribution >= 4 is 0 Å². The minimum absolute atomic E-state index is 0.360. The molecule has 1 aliphatic rings. The molecule has 1 aromatic heterocycles. The van der Waals surface area contributed by atoms with Gasteiger partial charge in [-0.2, -0.15) is 5.10 Å². The summed E-state index contributed by atoms with van der Waals surface area (Å²) in [7, 11) is 0. The van der Waals surface area contributed by atoms with E-state index in [9.17, 15) is 5.11 Å². The predicted molar refractivity (Wildman–Crippen MR) is 83.0 cm³/mol. The Balaban J connectivity index is 1.54.